The van der Waals surface area contributed by atoms with E-state index in [1.807, 2.05) is 24.3 Å². The van der Waals surface area contributed by atoms with Gasteiger partial charge in [-0.3, -0.25) is 0 Å². The van der Waals surface area contributed by atoms with Crippen LogP contribution in [-0.4, -0.2) is 13.2 Å². The molecule has 3 heteroatoms. The lowest BCUT2D eigenvalue weighted by Gasteiger charge is -2.16. The number of ether oxygens (including phenoxy) is 1. The monoisotopic (exact) mass is 195 g/mol. The molecular weight excluding hydrogens is 186 g/mol. The number of nitrogens with two attached hydrogens (primary N) is 1. The van der Waals surface area contributed by atoms with Crippen LogP contribution in [-0.2, 0) is 0 Å². The number of hydrogen-bond donors (Lipinski definition) is 1. The maximum absolute atomic E-state index is 5.85. The minimum absolute atomic E-state index is 0.534. The van der Waals surface area contributed by atoms with Gasteiger partial charge in [0.05, 0.1) is 0 Å². The second-order valence-electron chi connectivity index (χ2n) is 2.98. The van der Waals surface area contributed by atoms with E-state index in [1.165, 1.54) is 0 Å². The van der Waals surface area contributed by atoms with Gasteiger partial charge in [0.15, 0.2) is 0 Å². The molecule has 0 saturated carbocycles. The molecule has 0 atom stereocenters. The first kappa shape index (κ1) is 8.60. The molecule has 1 aromatic rings. The molecule has 0 aromatic heterocycles. The van der Waals surface area contributed by atoms with Crippen LogP contribution < -0.4 is 10.5 Å². The van der Waals surface area contributed by atoms with Crippen molar-refractivity contribution in [2.75, 3.05) is 13.2 Å². The van der Waals surface area contributed by atoms with Gasteiger partial charge in [-0.1, -0.05) is 11.6 Å². The molecule has 0 spiro atoms. The van der Waals surface area contributed by atoms with E-state index in [2.05, 4.69) is 0 Å². The normalized spacial score (nSPS) is 14.5. The lowest BCUT2D eigenvalue weighted by Crippen LogP contribution is -2.14. The van der Waals surface area contributed by atoms with E-state index in [-0.39, 0.29) is 0 Å². The second kappa shape index (κ2) is 3.40. The average molecular weight is 196 g/mol. The predicted molar refractivity (Wildman–Crippen MR) is 54.0 cm³/mol. The molecule has 0 bridgehead atoms. The van der Waals surface area contributed by atoms with E-state index in [0.717, 1.165) is 21.9 Å². The summed E-state index contributed by atoms with van der Waals surface area (Å²) in [6.45, 7) is 1.12. The predicted octanol–water partition coefficient (Wildman–Crippen LogP) is 2.07. The van der Waals surface area contributed by atoms with Crippen LogP contribution in [0.3, 0.4) is 0 Å². The van der Waals surface area contributed by atoms with Crippen LogP contribution in [0.5, 0.6) is 5.75 Å². The standard InChI is InChI=1S/C10H10ClNO/c11-9-1-2-10-8(4-9)3-7(5-12)6-13-10/h1-4H,5-6,12H2. The number of halogens is 1. The topological polar surface area (TPSA) is 35.2 Å². The third-order valence-corrected chi connectivity index (χ3v) is 2.24. The summed E-state index contributed by atoms with van der Waals surface area (Å²) in [5.74, 6) is 0.876. The van der Waals surface area contributed by atoms with Gasteiger partial charge in [0.2, 0.25) is 0 Å². The fraction of sp³-hybridized carbons (Fsp3) is 0.200. The van der Waals surface area contributed by atoms with Crippen molar-refractivity contribution in [3.8, 4) is 5.75 Å². The molecule has 0 amide bonds. The van der Waals surface area contributed by atoms with Gasteiger partial charge in [-0.2, -0.15) is 0 Å². The molecule has 68 valence electrons. The van der Waals surface area contributed by atoms with E-state index >= 15 is 0 Å². The Morgan fingerprint density at radius 1 is 1.46 bits per heavy atom. The van der Waals surface area contributed by atoms with Crippen LogP contribution >= 0.6 is 11.6 Å². The Morgan fingerprint density at radius 3 is 3.08 bits per heavy atom. The van der Waals surface area contributed by atoms with Crippen molar-refractivity contribution in [2.24, 2.45) is 5.73 Å². The smallest absolute Gasteiger partial charge is 0.127 e. The lowest BCUT2D eigenvalue weighted by molar-refractivity contribution is 0.345. The van der Waals surface area contributed by atoms with Crippen molar-refractivity contribution in [1.29, 1.82) is 0 Å². The zero-order valence-corrected chi connectivity index (χ0v) is 7.84. The van der Waals surface area contributed by atoms with Gasteiger partial charge in [-0.05, 0) is 29.8 Å². The second-order valence-corrected chi connectivity index (χ2v) is 3.41. The minimum atomic E-state index is 0.534. The molecule has 1 aliphatic rings. The van der Waals surface area contributed by atoms with Gasteiger partial charge in [0, 0.05) is 17.1 Å². The van der Waals surface area contributed by atoms with E-state index in [0.29, 0.717) is 13.2 Å². The Balaban J connectivity index is 2.44. The first-order valence-electron chi connectivity index (χ1n) is 4.11. The number of rotatable bonds is 1. The van der Waals surface area contributed by atoms with Gasteiger partial charge in [-0.25, -0.2) is 0 Å². The molecule has 2 rings (SSSR count). The summed E-state index contributed by atoms with van der Waals surface area (Å²) in [7, 11) is 0. The third-order valence-electron chi connectivity index (χ3n) is 2.01. The Morgan fingerprint density at radius 2 is 2.31 bits per heavy atom. The highest BCUT2D eigenvalue weighted by Gasteiger charge is 2.09. The molecule has 2 nitrogen and oxygen atoms in total. The van der Waals surface area contributed by atoms with Crippen molar-refractivity contribution in [2.45, 2.75) is 0 Å². The lowest BCUT2D eigenvalue weighted by atomic mass is 10.1. The zero-order valence-electron chi connectivity index (χ0n) is 7.09. The summed E-state index contributed by atoms with van der Waals surface area (Å²) in [5.41, 5.74) is 7.62. The summed E-state index contributed by atoms with van der Waals surface area (Å²) in [4.78, 5) is 0. The van der Waals surface area contributed by atoms with E-state index < -0.39 is 0 Å². The quantitative estimate of drug-likeness (QED) is 0.745. The highest BCUT2D eigenvalue weighted by atomic mass is 35.5. The largest absolute Gasteiger partial charge is 0.489 e. The van der Waals surface area contributed by atoms with Crippen molar-refractivity contribution in [3.63, 3.8) is 0 Å². The van der Waals surface area contributed by atoms with Crippen LogP contribution in [0.1, 0.15) is 5.56 Å². The minimum Gasteiger partial charge on any atom is -0.489 e. The van der Waals surface area contributed by atoms with Crippen molar-refractivity contribution in [3.05, 3.63) is 34.4 Å². The summed E-state index contributed by atoms with van der Waals surface area (Å²) in [6, 6.07) is 5.58. The highest BCUT2D eigenvalue weighted by Crippen LogP contribution is 2.28. The zero-order chi connectivity index (χ0) is 9.26. The molecule has 1 aromatic carbocycles. The fourth-order valence-electron chi connectivity index (χ4n) is 1.31. The summed E-state index contributed by atoms with van der Waals surface area (Å²) in [5, 5.41) is 0.719. The molecule has 0 saturated heterocycles. The van der Waals surface area contributed by atoms with Gasteiger partial charge < -0.3 is 10.5 Å². The first-order valence-corrected chi connectivity index (χ1v) is 4.49. The van der Waals surface area contributed by atoms with Crippen LogP contribution in [0.4, 0.5) is 0 Å². The maximum Gasteiger partial charge on any atom is 0.127 e. The molecule has 0 unspecified atom stereocenters. The Kier molecular flexibility index (Phi) is 2.25. The van der Waals surface area contributed by atoms with E-state index in [9.17, 15) is 0 Å². The van der Waals surface area contributed by atoms with Crippen LogP contribution in [0.2, 0.25) is 5.02 Å². The molecule has 1 heterocycles. The van der Waals surface area contributed by atoms with E-state index in [1.54, 1.807) is 0 Å². The molecule has 0 fully saturated rings. The summed E-state index contributed by atoms with van der Waals surface area (Å²) < 4.78 is 5.48. The van der Waals surface area contributed by atoms with Gasteiger partial charge in [0.1, 0.15) is 12.4 Å². The summed E-state index contributed by atoms with van der Waals surface area (Å²) >= 11 is 5.85. The maximum atomic E-state index is 5.85. The van der Waals surface area contributed by atoms with Crippen LogP contribution in [0, 0.1) is 0 Å². The van der Waals surface area contributed by atoms with Crippen molar-refractivity contribution in [1.82, 2.24) is 0 Å². The van der Waals surface area contributed by atoms with Crippen LogP contribution in [0.25, 0.3) is 6.08 Å². The van der Waals surface area contributed by atoms with Gasteiger partial charge in [-0.15, -0.1) is 0 Å². The SMILES string of the molecule is NCC1=Cc2cc(Cl)ccc2OC1. The molecule has 0 aliphatic carbocycles. The Hall–Kier alpha value is -0.990. The Bertz CT molecular complexity index is 360. The Labute approximate surface area is 82.0 Å². The van der Waals surface area contributed by atoms with Crippen molar-refractivity contribution >= 4 is 17.7 Å². The highest BCUT2D eigenvalue weighted by molar-refractivity contribution is 6.30. The molecule has 0 radical (unpaired) electrons. The molecule has 13 heavy (non-hydrogen) atoms. The van der Waals surface area contributed by atoms with Crippen molar-refractivity contribution < 1.29 is 4.74 Å². The van der Waals surface area contributed by atoms with Gasteiger partial charge >= 0.3 is 0 Å². The van der Waals surface area contributed by atoms with E-state index in [4.69, 9.17) is 22.1 Å². The number of hydrogen-bond acceptors (Lipinski definition) is 2. The molecular formula is C10H10ClNO. The summed E-state index contributed by atoms with van der Waals surface area (Å²) in [6.07, 6.45) is 2.03. The van der Waals surface area contributed by atoms with Gasteiger partial charge in [0.25, 0.3) is 0 Å². The first-order chi connectivity index (χ1) is 6.29. The number of fused-ring (bicyclic) bond motifs is 1. The third kappa shape index (κ3) is 1.69. The fourth-order valence-corrected chi connectivity index (χ4v) is 1.49. The van der Waals surface area contributed by atoms with Crippen LogP contribution in [0.15, 0.2) is 23.8 Å². The molecule has 2 N–H and O–H groups in total. The number of benzene rings is 1. The average Bonchev–Trinajstić information content (AvgIpc) is 2.16. The molecule has 1 aliphatic heterocycles.